The number of hydrogen-bond acceptors (Lipinski definition) is 9. The molecule has 7 rings (SSSR count). The van der Waals surface area contributed by atoms with Gasteiger partial charge in [0, 0.05) is 24.3 Å². The summed E-state index contributed by atoms with van der Waals surface area (Å²) in [6.07, 6.45) is -0.466. The predicted molar refractivity (Wildman–Crippen MR) is 191 cm³/mol. The predicted octanol–water partition coefficient (Wildman–Crippen LogP) is 6.64. The lowest BCUT2D eigenvalue weighted by molar-refractivity contribution is -0.245. The van der Waals surface area contributed by atoms with Crippen LogP contribution in [0.2, 0.25) is 0 Å². The molecule has 0 unspecified atom stereocenters. The van der Waals surface area contributed by atoms with Gasteiger partial charge in [-0.15, -0.1) is 5.10 Å². The van der Waals surface area contributed by atoms with Gasteiger partial charge in [-0.25, -0.2) is 13.1 Å². The number of tetrazole rings is 1. The summed E-state index contributed by atoms with van der Waals surface area (Å²) in [5.41, 5.74) is 6.29. The van der Waals surface area contributed by atoms with Crippen LogP contribution in [0.3, 0.4) is 0 Å². The van der Waals surface area contributed by atoms with Crippen molar-refractivity contribution in [2.24, 2.45) is 0 Å². The second-order valence-corrected chi connectivity index (χ2v) is 14.6. The topological polar surface area (TPSA) is 128 Å². The fourth-order valence-corrected chi connectivity index (χ4v) is 7.72. The lowest BCUT2D eigenvalue weighted by Crippen LogP contribution is -2.31. The van der Waals surface area contributed by atoms with Gasteiger partial charge in [-0.05, 0) is 74.6 Å². The number of ether oxygens (including phenoxy) is 2. The van der Waals surface area contributed by atoms with Gasteiger partial charge in [0.15, 0.2) is 6.29 Å². The van der Waals surface area contributed by atoms with Gasteiger partial charge >= 0.3 is 0 Å². The SMILES string of the molecule is O=S(=O)(NCc1cccc(-c2cccc([C@H]3O[C@@H](CSc4nnnn4-c4ccccc4)C[C@@H](c4ccc(CO)cc4)O3)c2)c1)c1ccccc1. The quantitative estimate of drug-likeness (QED) is 0.135. The first-order chi connectivity index (χ1) is 24.4. The van der Waals surface area contributed by atoms with Crippen molar-refractivity contribution in [2.45, 2.75) is 48.1 Å². The smallest absolute Gasteiger partial charge is 0.240 e. The van der Waals surface area contributed by atoms with Gasteiger partial charge in [0.05, 0.1) is 29.4 Å². The maximum Gasteiger partial charge on any atom is 0.240 e. The zero-order valence-corrected chi connectivity index (χ0v) is 28.6. The second kappa shape index (κ2) is 15.5. The molecule has 0 radical (unpaired) electrons. The van der Waals surface area contributed by atoms with Gasteiger partial charge in [-0.3, -0.25) is 0 Å². The third kappa shape index (κ3) is 8.02. The lowest BCUT2D eigenvalue weighted by Gasteiger charge is -2.36. The van der Waals surface area contributed by atoms with Crippen LogP contribution in [-0.4, -0.2) is 45.6 Å². The average molecular weight is 706 g/mol. The van der Waals surface area contributed by atoms with Crippen LogP contribution in [0.15, 0.2) is 144 Å². The van der Waals surface area contributed by atoms with E-state index in [1.54, 1.807) is 35.0 Å². The van der Waals surface area contributed by atoms with E-state index in [0.717, 1.165) is 39.1 Å². The largest absolute Gasteiger partial charge is 0.392 e. The first kappa shape index (κ1) is 33.8. The number of aromatic nitrogens is 4. The number of thioether (sulfide) groups is 1. The van der Waals surface area contributed by atoms with Gasteiger partial charge in [0.2, 0.25) is 15.2 Å². The van der Waals surface area contributed by atoms with Crippen LogP contribution in [0.25, 0.3) is 16.8 Å². The molecule has 2 N–H and O–H groups in total. The van der Waals surface area contributed by atoms with E-state index in [9.17, 15) is 13.5 Å². The molecule has 1 aliphatic heterocycles. The number of benzene rings is 5. The summed E-state index contributed by atoms with van der Waals surface area (Å²) in [5, 5.41) is 22.6. The van der Waals surface area contributed by atoms with Gasteiger partial charge in [-0.2, -0.15) is 4.68 Å². The van der Waals surface area contributed by atoms with Crippen molar-refractivity contribution in [2.75, 3.05) is 5.75 Å². The average Bonchev–Trinajstić information content (AvgIpc) is 3.66. The third-order valence-electron chi connectivity index (χ3n) is 8.39. The summed E-state index contributed by atoms with van der Waals surface area (Å²) in [4.78, 5) is 0.227. The number of rotatable bonds is 12. The van der Waals surface area contributed by atoms with E-state index in [0.29, 0.717) is 17.3 Å². The summed E-state index contributed by atoms with van der Waals surface area (Å²) in [6, 6.07) is 41.7. The third-order valence-corrected chi connectivity index (χ3v) is 10.9. The first-order valence-corrected chi connectivity index (χ1v) is 18.6. The number of aliphatic hydroxyl groups excluding tert-OH is 1. The van der Waals surface area contributed by atoms with Crippen LogP contribution < -0.4 is 4.72 Å². The van der Waals surface area contributed by atoms with Gasteiger partial charge in [0.1, 0.15) is 0 Å². The molecule has 0 bridgehead atoms. The molecule has 1 fully saturated rings. The molecule has 0 saturated carbocycles. The monoisotopic (exact) mass is 705 g/mol. The maximum atomic E-state index is 12.8. The normalized spacial score (nSPS) is 17.8. The minimum atomic E-state index is -3.64. The van der Waals surface area contributed by atoms with E-state index in [-0.39, 0.29) is 30.3 Å². The first-order valence-electron chi connectivity index (χ1n) is 16.2. The standard InChI is InChI=1S/C38H35N5O5S2/c44-25-27-17-19-29(20-18-27)36-23-34(26-49-38-40-41-42-43(38)33-13-3-1-4-14-33)47-37(48-36)32-12-8-11-31(22-32)30-10-7-9-28(21-30)24-39-50(45,46)35-15-5-2-6-16-35/h1-22,34,36-37,39,44H,23-26H2/t34-,36+,37+/m1/s1. The number of sulfonamides is 1. The highest BCUT2D eigenvalue weighted by Crippen LogP contribution is 2.40. The zero-order chi connectivity index (χ0) is 34.3. The molecule has 6 aromatic rings. The molecule has 3 atom stereocenters. The highest BCUT2D eigenvalue weighted by Gasteiger charge is 2.33. The molecular formula is C38H35N5O5S2. The minimum absolute atomic E-state index is 0.0279. The molecule has 1 saturated heterocycles. The summed E-state index contributed by atoms with van der Waals surface area (Å²) in [6.45, 7) is 0.128. The molecule has 254 valence electrons. The van der Waals surface area contributed by atoms with Crippen molar-refractivity contribution < 1.29 is 23.0 Å². The van der Waals surface area contributed by atoms with Crippen LogP contribution in [0, 0.1) is 0 Å². The summed E-state index contributed by atoms with van der Waals surface area (Å²) in [7, 11) is -3.64. The van der Waals surface area contributed by atoms with E-state index in [1.165, 1.54) is 11.8 Å². The molecule has 0 spiro atoms. The second-order valence-electron chi connectivity index (χ2n) is 11.8. The van der Waals surface area contributed by atoms with E-state index in [2.05, 4.69) is 26.3 Å². The number of nitrogens with one attached hydrogen (secondary N) is 1. The summed E-state index contributed by atoms with van der Waals surface area (Å²) >= 11 is 1.53. The molecule has 1 aromatic heterocycles. The maximum absolute atomic E-state index is 12.8. The van der Waals surface area contributed by atoms with E-state index < -0.39 is 16.3 Å². The summed E-state index contributed by atoms with van der Waals surface area (Å²) < 4.78 is 43.2. The number of nitrogens with zero attached hydrogens (tertiary/aromatic N) is 4. The van der Waals surface area contributed by atoms with Crippen LogP contribution in [0.5, 0.6) is 0 Å². The van der Waals surface area contributed by atoms with E-state index >= 15 is 0 Å². The number of aliphatic hydroxyl groups is 1. The molecule has 10 nitrogen and oxygen atoms in total. The van der Waals surface area contributed by atoms with Crippen molar-refractivity contribution in [1.82, 2.24) is 24.9 Å². The fourth-order valence-electron chi connectivity index (χ4n) is 5.78. The van der Waals surface area contributed by atoms with Gasteiger partial charge in [0.25, 0.3) is 0 Å². The highest BCUT2D eigenvalue weighted by molar-refractivity contribution is 7.99. The molecule has 5 aromatic carbocycles. The van der Waals surface area contributed by atoms with Crippen LogP contribution in [0.4, 0.5) is 0 Å². The number of para-hydroxylation sites is 1. The van der Waals surface area contributed by atoms with Crippen molar-refractivity contribution in [3.63, 3.8) is 0 Å². The van der Waals surface area contributed by atoms with E-state index in [4.69, 9.17) is 9.47 Å². The molecule has 50 heavy (non-hydrogen) atoms. The van der Waals surface area contributed by atoms with Crippen molar-refractivity contribution in [3.8, 4) is 16.8 Å². The molecule has 0 amide bonds. The fraction of sp³-hybridized carbons (Fsp3) is 0.184. The Morgan fingerprint density at radius 2 is 1.50 bits per heavy atom. The summed E-state index contributed by atoms with van der Waals surface area (Å²) in [5.74, 6) is 0.596. The Morgan fingerprint density at radius 1 is 0.780 bits per heavy atom. The van der Waals surface area contributed by atoms with Gasteiger partial charge in [-0.1, -0.05) is 109 Å². The molecule has 0 aliphatic carbocycles. The minimum Gasteiger partial charge on any atom is -0.392 e. The molecule has 1 aliphatic rings. The van der Waals surface area contributed by atoms with Crippen molar-refractivity contribution in [1.29, 1.82) is 0 Å². The van der Waals surface area contributed by atoms with Crippen molar-refractivity contribution >= 4 is 21.8 Å². The Kier molecular flexibility index (Phi) is 10.5. The Labute approximate surface area is 295 Å². The van der Waals surface area contributed by atoms with Crippen LogP contribution in [0.1, 0.15) is 41.1 Å². The molecule has 12 heteroatoms. The lowest BCUT2D eigenvalue weighted by atomic mass is 9.99. The van der Waals surface area contributed by atoms with Crippen LogP contribution in [-0.2, 0) is 32.6 Å². The molecular weight excluding hydrogens is 671 g/mol. The zero-order valence-electron chi connectivity index (χ0n) is 26.9. The van der Waals surface area contributed by atoms with Crippen molar-refractivity contribution in [3.05, 3.63) is 156 Å². The Hall–Kier alpha value is -4.69. The van der Waals surface area contributed by atoms with E-state index in [1.807, 2.05) is 97.1 Å². The van der Waals surface area contributed by atoms with Crippen LogP contribution >= 0.6 is 11.8 Å². The number of hydrogen-bond donors (Lipinski definition) is 2. The molecule has 2 heterocycles. The van der Waals surface area contributed by atoms with Gasteiger partial charge < -0.3 is 14.6 Å². The Balaban J connectivity index is 1.10. The Bertz CT molecular complexity index is 2130. The Morgan fingerprint density at radius 3 is 2.26 bits per heavy atom. The highest BCUT2D eigenvalue weighted by atomic mass is 32.2.